The number of rotatable bonds is 18. The van der Waals surface area contributed by atoms with E-state index in [1.807, 2.05) is 12.1 Å². The van der Waals surface area contributed by atoms with Gasteiger partial charge >= 0.3 is 0 Å². The molecule has 1 heterocycles. The van der Waals surface area contributed by atoms with Gasteiger partial charge in [0.2, 0.25) is 0 Å². The molecule has 0 unspecified atom stereocenters. The molecule has 3 N–H and O–H groups in total. The zero-order chi connectivity index (χ0) is 20.6. The largest absolute Gasteiger partial charge is 0.508 e. The molecular formula is C26H44N2O. The Morgan fingerprint density at radius 2 is 1.34 bits per heavy atom. The number of phenolic OH excluding ortho intramolecular Hbond substituents is 1. The van der Waals surface area contributed by atoms with Crippen LogP contribution in [0.3, 0.4) is 0 Å². The van der Waals surface area contributed by atoms with Crippen LogP contribution in [-0.4, -0.2) is 23.2 Å². The molecule has 2 rings (SSSR count). The normalized spacial score (nSPS) is 11.5. The van der Waals surface area contributed by atoms with E-state index in [4.69, 9.17) is 0 Å². The summed E-state index contributed by atoms with van der Waals surface area (Å²) in [5, 5.41) is 14.4. The SMILES string of the molecule is CCCCCCCCCCCCCCCCNCCc1c[nH]c2ccc(O)cc12. The van der Waals surface area contributed by atoms with Gasteiger partial charge in [-0.05, 0) is 49.7 Å². The fourth-order valence-electron chi connectivity index (χ4n) is 4.17. The molecule has 164 valence electrons. The maximum atomic E-state index is 9.66. The van der Waals surface area contributed by atoms with Crippen LogP contribution in [0.5, 0.6) is 5.75 Å². The van der Waals surface area contributed by atoms with Crippen molar-refractivity contribution < 1.29 is 5.11 Å². The monoisotopic (exact) mass is 400 g/mol. The Labute approximate surface area is 178 Å². The van der Waals surface area contributed by atoms with Crippen LogP contribution in [0.25, 0.3) is 10.9 Å². The number of nitrogens with one attached hydrogen (secondary N) is 2. The van der Waals surface area contributed by atoms with Gasteiger partial charge in [0, 0.05) is 17.1 Å². The number of hydrogen-bond acceptors (Lipinski definition) is 2. The first kappa shape index (κ1) is 23.8. The minimum absolute atomic E-state index is 0.341. The van der Waals surface area contributed by atoms with E-state index in [9.17, 15) is 5.11 Å². The zero-order valence-electron chi connectivity index (χ0n) is 18.8. The molecule has 0 saturated carbocycles. The third-order valence-electron chi connectivity index (χ3n) is 6.03. The van der Waals surface area contributed by atoms with Gasteiger partial charge in [-0.3, -0.25) is 0 Å². The van der Waals surface area contributed by atoms with Crippen molar-refractivity contribution in [3.8, 4) is 5.75 Å². The van der Waals surface area contributed by atoms with Crippen LogP contribution in [0, 0.1) is 0 Å². The highest BCUT2D eigenvalue weighted by atomic mass is 16.3. The number of fused-ring (bicyclic) bond motifs is 1. The Balaban J connectivity index is 1.34. The van der Waals surface area contributed by atoms with Crippen molar-refractivity contribution in [2.45, 2.75) is 103 Å². The Bertz CT molecular complexity index is 649. The highest BCUT2D eigenvalue weighted by Gasteiger charge is 2.04. The first-order valence-electron chi connectivity index (χ1n) is 12.3. The van der Waals surface area contributed by atoms with Gasteiger partial charge in [0.05, 0.1) is 0 Å². The maximum absolute atomic E-state index is 9.66. The second-order valence-corrected chi connectivity index (χ2v) is 8.64. The lowest BCUT2D eigenvalue weighted by atomic mass is 10.0. The van der Waals surface area contributed by atoms with Crippen molar-refractivity contribution in [2.24, 2.45) is 0 Å². The van der Waals surface area contributed by atoms with Crippen LogP contribution >= 0.6 is 0 Å². The first-order chi connectivity index (χ1) is 14.3. The lowest BCUT2D eigenvalue weighted by Gasteiger charge is -2.05. The molecule has 1 aromatic carbocycles. The van der Waals surface area contributed by atoms with Crippen LogP contribution in [0.4, 0.5) is 0 Å². The summed E-state index contributed by atoms with van der Waals surface area (Å²) in [6, 6.07) is 5.53. The molecule has 0 spiro atoms. The number of aromatic hydroxyl groups is 1. The van der Waals surface area contributed by atoms with Gasteiger partial charge in [-0.1, -0.05) is 90.4 Å². The molecule has 0 aliphatic heterocycles. The van der Waals surface area contributed by atoms with Gasteiger partial charge in [0.15, 0.2) is 0 Å². The zero-order valence-corrected chi connectivity index (χ0v) is 18.8. The predicted molar refractivity (Wildman–Crippen MR) is 127 cm³/mol. The van der Waals surface area contributed by atoms with E-state index in [2.05, 4.69) is 23.4 Å². The predicted octanol–water partition coefficient (Wildman–Crippen LogP) is 7.49. The van der Waals surface area contributed by atoms with E-state index in [0.29, 0.717) is 5.75 Å². The van der Waals surface area contributed by atoms with Crippen molar-refractivity contribution in [1.29, 1.82) is 0 Å². The van der Waals surface area contributed by atoms with E-state index in [1.54, 1.807) is 6.07 Å². The third-order valence-corrected chi connectivity index (χ3v) is 6.03. The Hall–Kier alpha value is -1.48. The van der Waals surface area contributed by atoms with E-state index in [1.165, 1.54) is 95.5 Å². The fraction of sp³-hybridized carbons (Fsp3) is 0.692. The Morgan fingerprint density at radius 1 is 0.759 bits per heavy atom. The molecule has 3 nitrogen and oxygen atoms in total. The van der Waals surface area contributed by atoms with Gasteiger partial charge in [-0.25, -0.2) is 0 Å². The minimum atomic E-state index is 0.341. The van der Waals surface area contributed by atoms with Crippen LogP contribution in [-0.2, 0) is 6.42 Å². The van der Waals surface area contributed by atoms with Crippen LogP contribution in [0.2, 0.25) is 0 Å². The summed E-state index contributed by atoms with van der Waals surface area (Å²) in [5.74, 6) is 0.341. The Morgan fingerprint density at radius 3 is 1.97 bits per heavy atom. The van der Waals surface area contributed by atoms with E-state index in [0.717, 1.165) is 30.4 Å². The van der Waals surface area contributed by atoms with E-state index in [-0.39, 0.29) is 0 Å². The molecule has 0 atom stereocenters. The van der Waals surface area contributed by atoms with Crippen LogP contribution < -0.4 is 5.32 Å². The summed E-state index contributed by atoms with van der Waals surface area (Å²) >= 11 is 0. The summed E-state index contributed by atoms with van der Waals surface area (Å²) in [6.45, 7) is 4.41. The van der Waals surface area contributed by atoms with Crippen molar-refractivity contribution in [3.63, 3.8) is 0 Å². The average molecular weight is 401 g/mol. The number of phenols is 1. The molecule has 0 radical (unpaired) electrons. The van der Waals surface area contributed by atoms with Crippen LogP contribution in [0.1, 0.15) is 102 Å². The van der Waals surface area contributed by atoms with E-state index >= 15 is 0 Å². The smallest absolute Gasteiger partial charge is 0.116 e. The summed E-state index contributed by atoms with van der Waals surface area (Å²) in [4.78, 5) is 3.28. The highest BCUT2D eigenvalue weighted by Crippen LogP contribution is 2.23. The molecule has 0 saturated heterocycles. The molecule has 0 fully saturated rings. The molecular weight excluding hydrogens is 356 g/mol. The second kappa shape index (κ2) is 15.4. The van der Waals surface area contributed by atoms with Gasteiger partial charge in [0.1, 0.15) is 5.75 Å². The number of H-pyrrole nitrogens is 1. The minimum Gasteiger partial charge on any atom is -0.508 e. The number of benzene rings is 1. The second-order valence-electron chi connectivity index (χ2n) is 8.64. The number of aromatic nitrogens is 1. The molecule has 29 heavy (non-hydrogen) atoms. The molecule has 0 aliphatic rings. The summed E-state index contributed by atoms with van der Waals surface area (Å²) in [6.07, 6.45) is 22.8. The average Bonchev–Trinajstić information content (AvgIpc) is 3.12. The maximum Gasteiger partial charge on any atom is 0.116 e. The standard InChI is InChI=1S/C26H44N2O/c1-2-3-4-5-6-7-8-9-10-11-12-13-14-15-19-27-20-18-23-22-28-26-17-16-24(29)21-25(23)26/h16-17,21-22,27-29H,2-15,18-20H2,1H3. The van der Waals surface area contributed by atoms with Crippen molar-refractivity contribution in [3.05, 3.63) is 30.0 Å². The van der Waals surface area contributed by atoms with Crippen molar-refractivity contribution in [1.82, 2.24) is 10.3 Å². The number of aromatic amines is 1. The first-order valence-corrected chi connectivity index (χ1v) is 12.3. The molecule has 2 aromatic rings. The number of hydrogen-bond donors (Lipinski definition) is 3. The Kier molecular flexibility index (Phi) is 12.6. The molecule has 0 aliphatic carbocycles. The van der Waals surface area contributed by atoms with Gasteiger partial charge in [-0.2, -0.15) is 0 Å². The molecule has 1 aromatic heterocycles. The fourth-order valence-corrected chi connectivity index (χ4v) is 4.17. The van der Waals surface area contributed by atoms with Gasteiger partial charge < -0.3 is 15.4 Å². The molecule has 3 heteroatoms. The van der Waals surface area contributed by atoms with Gasteiger partial charge in [-0.15, -0.1) is 0 Å². The quantitative estimate of drug-likeness (QED) is 0.227. The van der Waals surface area contributed by atoms with Crippen molar-refractivity contribution >= 4 is 10.9 Å². The topological polar surface area (TPSA) is 48.0 Å². The summed E-state index contributed by atoms with van der Waals surface area (Å²) in [7, 11) is 0. The highest BCUT2D eigenvalue weighted by molar-refractivity contribution is 5.84. The third kappa shape index (κ3) is 10.2. The molecule has 0 amide bonds. The molecule has 0 bridgehead atoms. The van der Waals surface area contributed by atoms with E-state index < -0.39 is 0 Å². The summed E-state index contributed by atoms with van der Waals surface area (Å²) in [5.41, 5.74) is 2.38. The number of unbranched alkanes of at least 4 members (excludes halogenated alkanes) is 13. The van der Waals surface area contributed by atoms with Gasteiger partial charge in [0.25, 0.3) is 0 Å². The van der Waals surface area contributed by atoms with Crippen LogP contribution in [0.15, 0.2) is 24.4 Å². The van der Waals surface area contributed by atoms with Crippen molar-refractivity contribution in [2.75, 3.05) is 13.1 Å². The lowest BCUT2D eigenvalue weighted by molar-refractivity contribution is 0.476. The summed E-state index contributed by atoms with van der Waals surface area (Å²) < 4.78 is 0. The lowest BCUT2D eigenvalue weighted by Crippen LogP contribution is -2.18.